The maximum Gasteiger partial charge on any atom is 0.302 e. The van der Waals surface area contributed by atoms with Gasteiger partial charge in [0.05, 0.1) is 5.22 Å². The van der Waals surface area contributed by atoms with Crippen LogP contribution in [0.5, 0.6) is 0 Å². The summed E-state index contributed by atoms with van der Waals surface area (Å²) in [4.78, 5) is 10.8. The molecule has 1 rings (SSSR count). The van der Waals surface area contributed by atoms with Crippen molar-refractivity contribution in [1.29, 1.82) is 0 Å². The molecule has 0 amide bonds. The van der Waals surface area contributed by atoms with Crippen molar-refractivity contribution in [3.63, 3.8) is 0 Å². The summed E-state index contributed by atoms with van der Waals surface area (Å²) >= 11 is 0. The Balaban J connectivity index is 2.63. The molecule has 0 unspecified atom stereocenters. The predicted octanol–water partition coefficient (Wildman–Crippen LogP) is 0.780. The molecular weight excluding hydrogens is 192 g/mol. The SMILES string of the molecule is CC(=O)OC(C)(C)[SiH2]c1ccccc1. The monoisotopic (exact) mass is 208 g/mol. The third-order valence-electron chi connectivity index (χ3n) is 1.89. The van der Waals surface area contributed by atoms with Crippen molar-refractivity contribution in [2.24, 2.45) is 0 Å². The molecule has 0 N–H and O–H groups in total. The van der Waals surface area contributed by atoms with E-state index >= 15 is 0 Å². The highest BCUT2D eigenvalue weighted by Crippen LogP contribution is 2.06. The molecular formula is C11H16O2Si. The molecule has 1 aromatic carbocycles. The normalized spacial score (nSPS) is 11.9. The van der Waals surface area contributed by atoms with Crippen molar-refractivity contribution in [3.05, 3.63) is 30.3 Å². The van der Waals surface area contributed by atoms with Crippen molar-refractivity contribution in [2.45, 2.75) is 26.0 Å². The van der Waals surface area contributed by atoms with E-state index in [9.17, 15) is 4.79 Å². The van der Waals surface area contributed by atoms with E-state index in [-0.39, 0.29) is 11.2 Å². The number of rotatable bonds is 3. The molecule has 1 aromatic rings. The summed E-state index contributed by atoms with van der Waals surface area (Å²) < 4.78 is 5.26. The Hall–Kier alpha value is -1.09. The average Bonchev–Trinajstić information content (AvgIpc) is 2.02. The highest BCUT2D eigenvalue weighted by atomic mass is 28.2. The fourth-order valence-corrected chi connectivity index (χ4v) is 3.28. The molecule has 0 fully saturated rings. The van der Waals surface area contributed by atoms with Crippen LogP contribution in [-0.2, 0) is 9.53 Å². The first kappa shape index (κ1) is 11.0. The molecule has 76 valence electrons. The number of hydrogen-bond donors (Lipinski definition) is 0. The molecule has 0 bridgehead atoms. The largest absolute Gasteiger partial charge is 0.464 e. The van der Waals surface area contributed by atoms with E-state index in [1.807, 2.05) is 32.0 Å². The number of ether oxygens (including phenoxy) is 1. The maximum atomic E-state index is 10.8. The molecule has 0 aliphatic carbocycles. The van der Waals surface area contributed by atoms with E-state index in [4.69, 9.17) is 4.74 Å². The first-order valence-corrected chi connectivity index (χ1v) is 6.14. The van der Waals surface area contributed by atoms with E-state index in [1.165, 1.54) is 12.1 Å². The van der Waals surface area contributed by atoms with Crippen molar-refractivity contribution >= 4 is 20.7 Å². The molecule has 2 nitrogen and oxygen atoms in total. The van der Waals surface area contributed by atoms with Crippen molar-refractivity contribution in [2.75, 3.05) is 0 Å². The van der Waals surface area contributed by atoms with E-state index < -0.39 is 9.52 Å². The van der Waals surface area contributed by atoms with Gasteiger partial charge >= 0.3 is 5.97 Å². The molecule has 0 heterocycles. The predicted molar refractivity (Wildman–Crippen MR) is 60.5 cm³/mol. The smallest absolute Gasteiger partial charge is 0.302 e. The van der Waals surface area contributed by atoms with Gasteiger partial charge in [-0.05, 0) is 13.8 Å². The van der Waals surface area contributed by atoms with Gasteiger partial charge in [0.2, 0.25) is 0 Å². The number of carbonyl (C=O) groups is 1. The molecule has 14 heavy (non-hydrogen) atoms. The van der Waals surface area contributed by atoms with Gasteiger partial charge in [-0.25, -0.2) is 0 Å². The van der Waals surface area contributed by atoms with Gasteiger partial charge in [0.1, 0.15) is 9.52 Å². The van der Waals surface area contributed by atoms with Gasteiger partial charge in [-0.15, -0.1) is 0 Å². The summed E-state index contributed by atoms with van der Waals surface area (Å²) in [5.74, 6) is -0.196. The lowest BCUT2D eigenvalue weighted by atomic mass is 10.4. The molecule has 0 aliphatic rings. The fourth-order valence-electron chi connectivity index (χ4n) is 1.51. The molecule has 0 radical (unpaired) electrons. The maximum absolute atomic E-state index is 10.8. The minimum Gasteiger partial charge on any atom is -0.464 e. The number of carbonyl (C=O) groups excluding carboxylic acids is 1. The summed E-state index contributed by atoms with van der Waals surface area (Å²) in [6.07, 6.45) is 0. The molecule has 0 saturated heterocycles. The van der Waals surface area contributed by atoms with Gasteiger partial charge in [-0.1, -0.05) is 35.5 Å². The second-order valence-electron chi connectivity index (χ2n) is 4.02. The van der Waals surface area contributed by atoms with Crippen LogP contribution < -0.4 is 5.19 Å². The zero-order chi connectivity index (χ0) is 10.6. The molecule has 3 heteroatoms. The molecule has 0 aliphatic heterocycles. The lowest BCUT2D eigenvalue weighted by Gasteiger charge is -2.24. The third-order valence-corrected chi connectivity index (χ3v) is 3.77. The quantitative estimate of drug-likeness (QED) is 0.542. The average molecular weight is 208 g/mol. The van der Waals surface area contributed by atoms with E-state index in [1.54, 1.807) is 0 Å². The van der Waals surface area contributed by atoms with Crippen LogP contribution >= 0.6 is 0 Å². The zero-order valence-electron chi connectivity index (χ0n) is 8.91. The number of hydrogen-bond acceptors (Lipinski definition) is 2. The summed E-state index contributed by atoms with van der Waals surface area (Å²) in [6.45, 7) is 5.42. The Labute approximate surface area is 87.1 Å². The Morgan fingerprint density at radius 1 is 1.29 bits per heavy atom. The highest BCUT2D eigenvalue weighted by molar-refractivity contribution is 6.56. The molecule has 0 saturated carbocycles. The summed E-state index contributed by atoms with van der Waals surface area (Å²) in [5, 5.41) is 1.03. The molecule has 0 aromatic heterocycles. The molecule has 0 spiro atoms. The zero-order valence-corrected chi connectivity index (χ0v) is 10.3. The van der Waals surface area contributed by atoms with Crippen LogP contribution in [0.2, 0.25) is 0 Å². The van der Waals surface area contributed by atoms with Gasteiger partial charge in [0, 0.05) is 6.92 Å². The third kappa shape index (κ3) is 3.74. The Morgan fingerprint density at radius 3 is 2.36 bits per heavy atom. The fraction of sp³-hybridized carbons (Fsp3) is 0.364. The Kier molecular flexibility index (Phi) is 3.47. The van der Waals surface area contributed by atoms with Gasteiger partial charge in [-0.2, -0.15) is 0 Å². The van der Waals surface area contributed by atoms with E-state index in [0.717, 1.165) is 0 Å². The van der Waals surface area contributed by atoms with Crippen LogP contribution in [0.3, 0.4) is 0 Å². The summed E-state index contributed by atoms with van der Waals surface area (Å²) in [5.41, 5.74) is 0. The van der Waals surface area contributed by atoms with E-state index in [0.29, 0.717) is 0 Å². The highest BCUT2D eigenvalue weighted by Gasteiger charge is 2.21. The van der Waals surface area contributed by atoms with Gasteiger partial charge in [-0.3, -0.25) is 4.79 Å². The van der Waals surface area contributed by atoms with Gasteiger partial charge < -0.3 is 4.74 Å². The lowest BCUT2D eigenvalue weighted by Crippen LogP contribution is -2.40. The van der Waals surface area contributed by atoms with Crippen LogP contribution in [0.1, 0.15) is 20.8 Å². The Morgan fingerprint density at radius 2 is 1.86 bits per heavy atom. The van der Waals surface area contributed by atoms with Gasteiger partial charge in [0.15, 0.2) is 0 Å². The lowest BCUT2D eigenvalue weighted by molar-refractivity contribution is -0.147. The first-order valence-electron chi connectivity index (χ1n) is 4.73. The minimum absolute atomic E-state index is 0.196. The van der Waals surface area contributed by atoms with Crippen molar-refractivity contribution < 1.29 is 9.53 Å². The van der Waals surface area contributed by atoms with Crippen molar-refractivity contribution in [1.82, 2.24) is 0 Å². The van der Waals surface area contributed by atoms with Crippen molar-refractivity contribution in [3.8, 4) is 0 Å². The molecule has 0 atom stereocenters. The Bertz CT molecular complexity index is 306. The van der Waals surface area contributed by atoms with Crippen LogP contribution in [0.25, 0.3) is 0 Å². The number of benzene rings is 1. The standard InChI is InChI=1S/C11H16O2Si/c1-9(12)13-11(2,3)14-10-7-5-4-6-8-10/h4-8H,14H2,1-3H3. The number of esters is 1. The van der Waals surface area contributed by atoms with Crippen LogP contribution in [0, 0.1) is 0 Å². The second-order valence-corrected chi connectivity index (χ2v) is 6.89. The first-order chi connectivity index (χ1) is 6.49. The topological polar surface area (TPSA) is 26.3 Å². The second kappa shape index (κ2) is 4.42. The van der Waals surface area contributed by atoms with Gasteiger partial charge in [0.25, 0.3) is 0 Å². The minimum atomic E-state index is -0.569. The van der Waals surface area contributed by atoms with Crippen LogP contribution in [0.15, 0.2) is 30.3 Å². The van der Waals surface area contributed by atoms with Crippen LogP contribution in [0.4, 0.5) is 0 Å². The summed E-state index contributed by atoms with van der Waals surface area (Å²) in [6, 6.07) is 10.2. The van der Waals surface area contributed by atoms with E-state index in [2.05, 4.69) is 12.1 Å². The van der Waals surface area contributed by atoms with Crippen LogP contribution in [-0.4, -0.2) is 20.7 Å². The summed E-state index contributed by atoms with van der Waals surface area (Å²) in [7, 11) is -0.569.